The molecule has 1 aliphatic heterocycles. The van der Waals surface area contributed by atoms with Gasteiger partial charge in [0, 0.05) is 49.9 Å². The van der Waals surface area contributed by atoms with Crippen molar-refractivity contribution in [3.8, 4) is 16.9 Å². The highest BCUT2D eigenvalue weighted by atomic mass is 32.3. The summed E-state index contributed by atoms with van der Waals surface area (Å²) < 4.78 is 46.0. The van der Waals surface area contributed by atoms with Crippen molar-refractivity contribution in [1.29, 1.82) is 0 Å². The van der Waals surface area contributed by atoms with E-state index in [1.807, 2.05) is 36.1 Å². The molecule has 0 radical (unpaired) electrons. The van der Waals surface area contributed by atoms with E-state index in [9.17, 15) is 17.1 Å². The highest BCUT2D eigenvalue weighted by molar-refractivity contribution is 7.81. The van der Waals surface area contributed by atoms with Crippen LogP contribution in [0.1, 0.15) is 33.7 Å². The van der Waals surface area contributed by atoms with Crippen LogP contribution in [0.2, 0.25) is 0 Å². The van der Waals surface area contributed by atoms with Gasteiger partial charge in [-0.1, -0.05) is 52.4 Å². The largest absolute Gasteiger partial charge is 0.488 e. The molecular formula is C28H30FN3O5S. The second kappa shape index (κ2) is 10.3. The van der Waals surface area contributed by atoms with E-state index < -0.39 is 10.5 Å². The molecule has 1 fully saturated rings. The van der Waals surface area contributed by atoms with Crippen LogP contribution in [0.25, 0.3) is 11.1 Å². The molecule has 2 N–H and O–H groups in total. The number of rotatable bonds is 6. The molecule has 3 aromatic carbocycles. The molecule has 5 rings (SSSR count). The minimum atomic E-state index is -5.18. The Hall–Kier alpha value is -3.63. The molecule has 1 amide bonds. The van der Waals surface area contributed by atoms with Crippen molar-refractivity contribution in [2.75, 3.05) is 37.7 Å². The molecule has 2 aliphatic rings. The lowest BCUT2D eigenvalue weighted by Gasteiger charge is -2.37. The maximum Gasteiger partial charge on any atom is 0.488 e. The van der Waals surface area contributed by atoms with Gasteiger partial charge in [0.2, 0.25) is 0 Å². The Labute approximate surface area is 222 Å². The quantitative estimate of drug-likeness (QED) is 0.463. The minimum Gasteiger partial charge on any atom is -0.448 e. The first-order chi connectivity index (χ1) is 18.2. The number of ether oxygens (including phenoxy) is 1. The second-order valence-electron chi connectivity index (χ2n) is 9.59. The Morgan fingerprint density at radius 3 is 2.11 bits per heavy atom. The lowest BCUT2D eigenvalue weighted by molar-refractivity contribution is 0.0976. The average Bonchev–Trinajstić information content (AvgIpc) is 3.22. The van der Waals surface area contributed by atoms with Crippen LogP contribution >= 0.6 is 0 Å². The van der Waals surface area contributed by atoms with Gasteiger partial charge in [-0.25, -0.2) is 4.79 Å². The van der Waals surface area contributed by atoms with Crippen LogP contribution in [-0.4, -0.2) is 52.2 Å². The topological polar surface area (TPSA) is 102 Å². The number of hydrogen-bond donors (Lipinski definition) is 1. The molecule has 0 unspecified atom stereocenters. The van der Waals surface area contributed by atoms with E-state index in [0.717, 1.165) is 22.4 Å². The molecule has 3 aromatic rings. The number of nitrogens with zero attached hydrogens (tertiary/aromatic N) is 2. The van der Waals surface area contributed by atoms with Crippen LogP contribution < -0.4 is 14.8 Å². The number of hydrogen-bond acceptors (Lipinski definition) is 7. The van der Waals surface area contributed by atoms with Crippen LogP contribution in [0.15, 0.2) is 54.6 Å². The second-order valence-corrected chi connectivity index (χ2v) is 10.5. The summed E-state index contributed by atoms with van der Waals surface area (Å²) in [6, 6.07) is 17.8. The summed E-state index contributed by atoms with van der Waals surface area (Å²) in [5.41, 5.74) is 13.3. The molecule has 10 heteroatoms. The van der Waals surface area contributed by atoms with E-state index in [1.165, 1.54) is 17.2 Å². The number of anilines is 1. The van der Waals surface area contributed by atoms with Gasteiger partial charge < -0.3 is 24.5 Å². The van der Waals surface area contributed by atoms with Crippen molar-refractivity contribution < 1.29 is 26.0 Å². The van der Waals surface area contributed by atoms with E-state index in [-0.39, 0.29) is 30.9 Å². The fraction of sp³-hybridized carbons (Fsp3) is 0.321. The zero-order chi connectivity index (χ0) is 27.0. The molecule has 1 saturated heterocycles. The van der Waals surface area contributed by atoms with Crippen LogP contribution in [-0.2, 0) is 21.8 Å². The van der Waals surface area contributed by atoms with E-state index in [4.69, 9.17) is 10.5 Å². The summed E-state index contributed by atoms with van der Waals surface area (Å²) in [5, 5.41) is 0. The smallest absolute Gasteiger partial charge is 0.448 e. The van der Waals surface area contributed by atoms with Gasteiger partial charge in [-0.2, -0.15) is 8.42 Å². The molecule has 200 valence electrons. The molecule has 0 spiro atoms. The third-order valence-electron chi connectivity index (χ3n) is 7.47. The highest BCUT2D eigenvalue weighted by Crippen LogP contribution is 2.44. The number of benzene rings is 3. The van der Waals surface area contributed by atoms with Gasteiger partial charge in [0.1, 0.15) is 6.61 Å². The van der Waals surface area contributed by atoms with Gasteiger partial charge in [0.15, 0.2) is 5.75 Å². The van der Waals surface area contributed by atoms with Crippen LogP contribution in [0.3, 0.4) is 0 Å². The monoisotopic (exact) mass is 539 g/mol. The first-order valence-corrected chi connectivity index (χ1v) is 13.8. The summed E-state index contributed by atoms with van der Waals surface area (Å²) in [4.78, 5) is 16.7. The Balaban J connectivity index is 1.27. The molecule has 1 aliphatic carbocycles. The first-order valence-electron chi connectivity index (χ1n) is 12.5. The van der Waals surface area contributed by atoms with Gasteiger partial charge in [0.25, 0.3) is 0 Å². The number of halogens is 1. The summed E-state index contributed by atoms with van der Waals surface area (Å²) in [7, 11) is -5.18. The normalized spacial score (nSPS) is 15.3. The summed E-state index contributed by atoms with van der Waals surface area (Å²) in [6.45, 7) is 5.77. The lowest BCUT2D eigenvalue weighted by atomic mass is 9.98. The fourth-order valence-corrected chi connectivity index (χ4v) is 5.99. The van der Waals surface area contributed by atoms with Gasteiger partial charge in [-0.3, -0.25) is 0 Å². The Bertz CT molecular complexity index is 1440. The van der Waals surface area contributed by atoms with Crippen LogP contribution in [0.4, 0.5) is 14.4 Å². The lowest BCUT2D eigenvalue weighted by Crippen LogP contribution is -2.49. The molecule has 0 bridgehead atoms. The Morgan fingerprint density at radius 2 is 1.55 bits per heavy atom. The van der Waals surface area contributed by atoms with Crippen molar-refractivity contribution in [1.82, 2.24) is 4.90 Å². The third kappa shape index (κ3) is 4.93. The van der Waals surface area contributed by atoms with Crippen molar-refractivity contribution in [3.05, 3.63) is 82.4 Å². The first kappa shape index (κ1) is 26.0. The van der Waals surface area contributed by atoms with Gasteiger partial charge in [0.05, 0.1) is 0 Å². The predicted molar refractivity (Wildman–Crippen MR) is 143 cm³/mol. The SMILES string of the molecule is Cc1c(CN)cc(OS(=O)(=O)F)c(C)c1N1CCN(C(=O)OCC2c3ccccc3-c3ccccc32)CC1. The maximum absolute atomic E-state index is 13.3. The number of nitrogens with two attached hydrogens (primary N) is 1. The number of piperazine rings is 1. The minimum absolute atomic E-state index is 0.0119. The van der Waals surface area contributed by atoms with Gasteiger partial charge >= 0.3 is 16.6 Å². The van der Waals surface area contributed by atoms with E-state index in [1.54, 1.807) is 11.8 Å². The van der Waals surface area contributed by atoms with Crippen LogP contribution in [0, 0.1) is 13.8 Å². The molecule has 38 heavy (non-hydrogen) atoms. The highest BCUT2D eigenvalue weighted by Gasteiger charge is 2.31. The van der Waals surface area contributed by atoms with Crippen molar-refractivity contribution in [2.24, 2.45) is 5.73 Å². The molecule has 0 aromatic heterocycles. The van der Waals surface area contributed by atoms with Gasteiger partial charge in [-0.05, 0) is 53.3 Å². The van der Waals surface area contributed by atoms with E-state index >= 15 is 0 Å². The average molecular weight is 540 g/mol. The van der Waals surface area contributed by atoms with Crippen molar-refractivity contribution >= 4 is 22.3 Å². The summed E-state index contributed by atoms with van der Waals surface area (Å²) in [5.74, 6) is -0.102. The van der Waals surface area contributed by atoms with E-state index in [2.05, 4.69) is 28.4 Å². The summed E-state index contributed by atoms with van der Waals surface area (Å²) >= 11 is 0. The molecule has 8 nitrogen and oxygen atoms in total. The number of carbonyl (C=O) groups is 1. The molecule has 0 saturated carbocycles. The molecule has 0 atom stereocenters. The molecular weight excluding hydrogens is 509 g/mol. The zero-order valence-electron chi connectivity index (χ0n) is 21.3. The van der Waals surface area contributed by atoms with E-state index in [0.29, 0.717) is 37.3 Å². The Morgan fingerprint density at radius 1 is 0.974 bits per heavy atom. The number of amides is 1. The van der Waals surface area contributed by atoms with Crippen molar-refractivity contribution in [3.63, 3.8) is 0 Å². The predicted octanol–water partition coefficient (Wildman–Crippen LogP) is 4.43. The number of carbonyl (C=O) groups excluding carboxylic acids is 1. The number of fused-ring (bicyclic) bond motifs is 3. The fourth-order valence-electron chi connectivity index (χ4n) is 5.60. The summed E-state index contributed by atoms with van der Waals surface area (Å²) in [6.07, 6.45) is -0.372. The van der Waals surface area contributed by atoms with Crippen molar-refractivity contribution in [2.45, 2.75) is 26.3 Å². The Kier molecular flexibility index (Phi) is 7.02. The molecule has 1 heterocycles. The maximum atomic E-state index is 13.3. The third-order valence-corrected chi connectivity index (χ3v) is 7.85. The standard InChI is InChI=1S/C28H30FN3O5S/c1-18-20(16-30)15-26(37-38(29,34)35)19(2)27(18)31-11-13-32(14-12-31)28(33)36-17-25-23-9-5-3-7-21(23)22-8-4-6-10-24(22)25/h3-10,15,25H,11-14,16-17,30H2,1-2H3. The van der Waals surface area contributed by atoms with Crippen LogP contribution in [0.5, 0.6) is 5.75 Å². The zero-order valence-corrected chi connectivity index (χ0v) is 22.1. The van der Waals surface area contributed by atoms with Gasteiger partial charge in [-0.15, -0.1) is 0 Å².